The molecule has 1 heterocycles. The van der Waals surface area contributed by atoms with Gasteiger partial charge in [-0.15, -0.1) is 24.5 Å². The van der Waals surface area contributed by atoms with Gasteiger partial charge in [-0.1, -0.05) is 0 Å². The molecule has 18 heteroatoms. The zero-order valence-corrected chi connectivity index (χ0v) is 16.7. The van der Waals surface area contributed by atoms with Gasteiger partial charge in [0.1, 0.15) is 24.4 Å². The van der Waals surface area contributed by atoms with Crippen molar-refractivity contribution in [3.8, 4) is 0 Å². The Balaban J connectivity index is 2.67. The first-order chi connectivity index (χ1) is 10.6. The van der Waals surface area contributed by atoms with E-state index in [1.807, 2.05) is 0 Å². The molecule has 0 aromatic rings. The highest BCUT2D eigenvalue weighted by atomic mass is 33.2. The highest BCUT2D eigenvalue weighted by Gasteiger charge is 2.45. The van der Waals surface area contributed by atoms with Crippen LogP contribution < -0.4 is 0 Å². The molecular formula is C6H15O12P3S3. The van der Waals surface area contributed by atoms with Crippen molar-refractivity contribution in [1.29, 1.82) is 0 Å². The van der Waals surface area contributed by atoms with E-state index in [4.69, 9.17) is 0 Å². The van der Waals surface area contributed by atoms with Gasteiger partial charge in [0.15, 0.2) is 11.0 Å². The summed E-state index contributed by atoms with van der Waals surface area (Å²) in [4.78, 5) is 18.6. The molecule has 12 nitrogen and oxygen atoms in total. The molecule has 1 aliphatic heterocycles. The van der Waals surface area contributed by atoms with E-state index < -0.39 is 57.6 Å². The normalized spacial score (nSPS) is 36.8. The molecule has 0 aromatic carbocycles. The van der Waals surface area contributed by atoms with Crippen LogP contribution in [-0.4, -0.2) is 67.5 Å². The van der Waals surface area contributed by atoms with Gasteiger partial charge >= 0.3 is 15.6 Å². The molecular weight excluding hydrogens is 453 g/mol. The monoisotopic (exact) mass is 468 g/mol. The first-order valence-corrected chi connectivity index (χ1v) is 13.8. The van der Waals surface area contributed by atoms with Crippen molar-refractivity contribution in [2.75, 3.05) is 6.61 Å². The first kappa shape index (κ1) is 23.4. The summed E-state index contributed by atoms with van der Waals surface area (Å²) in [6.07, 6.45) is -8.88. The number of rotatable bonds is 7. The van der Waals surface area contributed by atoms with Gasteiger partial charge in [-0.05, 0) is 11.8 Å². The van der Waals surface area contributed by atoms with E-state index in [-0.39, 0.29) is 0 Å². The largest absolute Gasteiger partial charge is 0.486 e. The molecule has 3 unspecified atom stereocenters. The molecule has 24 heavy (non-hydrogen) atoms. The highest BCUT2D eigenvalue weighted by molar-refractivity contribution is 8.91. The number of hydrogen-bond donors (Lipinski definition) is 8. The average Bonchev–Trinajstić information content (AvgIpc) is 2.34. The molecule has 0 spiro atoms. The molecule has 1 fully saturated rings. The summed E-state index contributed by atoms with van der Waals surface area (Å²) in [7, 11) is -10.3. The van der Waals surface area contributed by atoms with Crippen LogP contribution in [0.3, 0.4) is 0 Å². The molecule has 1 saturated heterocycles. The smallest absolute Gasteiger partial charge is 0.387 e. The summed E-state index contributed by atoms with van der Waals surface area (Å²) in [5.41, 5.74) is 0. The quantitative estimate of drug-likeness (QED) is 0.170. The van der Waals surface area contributed by atoms with Gasteiger partial charge in [-0.25, -0.2) is 13.4 Å². The predicted octanol–water partition coefficient (Wildman–Crippen LogP) is -0.879. The zero-order chi connectivity index (χ0) is 18.9. The summed E-state index contributed by atoms with van der Waals surface area (Å²) in [5.74, 6) is 0. The maximum atomic E-state index is 11.6. The van der Waals surface area contributed by atoms with Crippen LogP contribution in [-0.2, 0) is 38.8 Å². The van der Waals surface area contributed by atoms with Crippen LogP contribution in [0.15, 0.2) is 0 Å². The van der Waals surface area contributed by atoms with Crippen molar-refractivity contribution in [3.63, 3.8) is 0 Å². The van der Waals surface area contributed by atoms with Crippen molar-refractivity contribution in [2.45, 2.75) is 30.7 Å². The Hall–Kier alpha value is 1.41. The van der Waals surface area contributed by atoms with Crippen molar-refractivity contribution in [1.82, 2.24) is 0 Å². The van der Waals surface area contributed by atoms with Crippen LogP contribution in [0.25, 0.3) is 0 Å². The molecule has 0 aromatic heterocycles. The second-order valence-electron chi connectivity index (χ2n) is 4.42. The minimum Gasteiger partial charge on any atom is -0.387 e. The summed E-state index contributed by atoms with van der Waals surface area (Å²) in [6, 6.07) is 0. The van der Waals surface area contributed by atoms with Crippen LogP contribution in [0.4, 0.5) is 0 Å². The van der Waals surface area contributed by atoms with Crippen LogP contribution in [0.2, 0.25) is 0 Å². The second-order valence-corrected chi connectivity index (χ2v) is 16.3. The lowest BCUT2D eigenvalue weighted by molar-refractivity contribution is -0.285. The third-order valence-electron chi connectivity index (χ3n) is 2.50. The number of ether oxygens (including phenoxy) is 1. The Kier molecular flexibility index (Phi) is 8.42. The molecule has 6 N–H and O–H groups in total. The Labute approximate surface area is 151 Å². The number of phosphoric ester groups is 1. The van der Waals surface area contributed by atoms with E-state index in [1.54, 1.807) is 0 Å². The van der Waals surface area contributed by atoms with Crippen molar-refractivity contribution >= 4 is 56.6 Å². The number of phosphoric acid groups is 2. The summed E-state index contributed by atoms with van der Waals surface area (Å²) < 4.78 is 37.0. The fourth-order valence-corrected chi connectivity index (χ4v) is 6.99. The maximum absolute atomic E-state index is 11.6. The van der Waals surface area contributed by atoms with Crippen LogP contribution in [0.1, 0.15) is 0 Å². The number of hydrogen-bond acceptors (Lipinski definition) is 11. The SMILES string of the molecule is O=P(O)(OC[C@H]1OC(O)[C@@H](O)[C@@H](O)[C@@H]1O)OP(=O)(O)OP(=S)(S)S. The lowest BCUT2D eigenvalue weighted by Gasteiger charge is -2.38. The average molecular weight is 468 g/mol. The lowest BCUT2D eigenvalue weighted by atomic mass is 10.00. The highest BCUT2D eigenvalue weighted by Crippen LogP contribution is 2.72. The minimum absolute atomic E-state index is 0.953. The molecule has 144 valence electrons. The molecule has 0 bridgehead atoms. The standard InChI is InChI=1S/C6H15O12P3S3/c7-3-2(16-6(10)5(9)4(3)8)1-15-19(11,12)17-20(13,14)18-21(22,23)24/h2-10H,1H2,(H,11,12)(H,13,14)(H2,22,23,24)/t2-,3-,4+,5+,6?/m1/s1. The maximum Gasteiger partial charge on any atom is 0.486 e. The number of aliphatic hydroxyl groups excluding tert-OH is 4. The zero-order valence-electron chi connectivity index (χ0n) is 11.4. The predicted molar refractivity (Wildman–Crippen MR) is 88.9 cm³/mol. The van der Waals surface area contributed by atoms with Crippen LogP contribution >= 0.6 is 44.8 Å². The topological polar surface area (TPSA) is 192 Å². The van der Waals surface area contributed by atoms with Gasteiger partial charge in [-0.3, -0.25) is 4.52 Å². The van der Waals surface area contributed by atoms with Crippen LogP contribution in [0.5, 0.6) is 0 Å². The first-order valence-electron chi connectivity index (χ1n) is 5.80. The Morgan fingerprint density at radius 2 is 1.50 bits per heavy atom. The second kappa shape index (κ2) is 8.61. The van der Waals surface area contributed by atoms with Crippen LogP contribution in [0, 0.1) is 0 Å². The molecule has 0 aliphatic carbocycles. The van der Waals surface area contributed by atoms with E-state index in [9.17, 15) is 39.3 Å². The minimum atomic E-state index is -5.20. The molecule has 0 saturated carbocycles. The van der Waals surface area contributed by atoms with Crippen molar-refractivity contribution in [3.05, 3.63) is 0 Å². The van der Waals surface area contributed by atoms with E-state index in [2.05, 4.69) is 54.2 Å². The van der Waals surface area contributed by atoms with Gasteiger partial charge in [0.2, 0.25) is 0 Å². The van der Waals surface area contributed by atoms with E-state index in [0.717, 1.165) is 0 Å². The molecule has 0 amide bonds. The van der Waals surface area contributed by atoms with Crippen molar-refractivity contribution in [2.24, 2.45) is 0 Å². The molecule has 7 atom stereocenters. The van der Waals surface area contributed by atoms with Gasteiger partial charge in [-0.2, -0.15) is 4.31 Å². The summed E-state index contributed by atoms with van der Waals surface area (Å²) in [6.45, 7) is -0.953. The van der Waals surface area contributed by atoms with Gasteiger partial charge in [0.05, 0.1) is 6.61 Å². The van der Waals surface area contributed by atoms with E-state index >= 15 is 0 Å². The van der Waals surface area contributed by atoms with Gasteiger partial charge in [0.25, 0.3) is 0 Å². The molecule has 1 rings (SSSR count). The third-order valence-corrected chi connectivity index (χ3v) is 8.22. The number of thiol groups is 2. The van der Waals surface area contributed by atoms with E-state index in [0.29, 0.717) is 0 Å². The Bertz CT molecular complexity index is 582. The fraction of sp³-hybridized carbons (Fsp3) is 1.00. The third kappa shape index (κ3) is 7.57. The lowest BCUT2D eigenvalue weighted by Crippen LogP contribution is -2.58. The Morgan fingerprint density at radius 3 is 2.00 bits per heavy atom. The summed E-state index contributed by atoms with van der Waals surface area (Å²) >= 11 is 11.7. The van der Waals surface area contributed by atoms with Gasteiger partial charge < -0.3 is 34.9 Å². The van der Waals surface area contributed by atoms with E-state index in [1.165, 1.54) is 0 Å². The van der Waals surface area contributed by atoms with Crippen molar-refractivity contribution < 1.29 is 57.2 Å². The molecule has 0 radical (unpaired) electrons. The molecule has 1 aliphatic rings. The Morgan fingerprint density at radius 1 is 0.958 bits per heavy atom. The number of aliphatic hydroxyl groups is 4. The fourth-order valence-electron chi connectivity index (χ4n) is 1.54. The van der Waals surface area contributed by atoms with Gasteiger partial charge in [0, 0.05) is 0 Å². The summed E-state index contributed by atoms with van der Waals surface area (Å²) in [5, 5.41) is 37.6.